The fourth-order valence-electron chi connectivity index (χ4n) is 1.77. The lowest BCUT2D eigenvalue weighted by Gasteiger charge is -2.07. The van der Waals surface area contributed by atoms with Crippen LogP contribution in [0.5, 0.6) is 11.6 Å². The summed E-state index contributed by atoms with van der Waals surface area (Å²) in [4.78, 5) is 27.0. The molecule has 2 aromatic rings. The second-order valence-corrected chi connectivity index (χ2v) is 6.89. The Morgan fingerprint density at radius 1 is 1.28 bits per heavy atom. The number of halogens is 1. The molecule has 8 heteroatoms. The van der Waals surface area contributed by atoms with Gasteiger partial charge in [0.1, 0.15) is 5.75 Å². The lowest BCUT2D eigenvalue weighted by atomic mass is 10.3. The average molecular weight is 425 g/mol. The van der Waals surface area contributed by atoms with Gasteiger partial charge < -0.3 is 14.8 Å². The van der Waals surface area contributed by atoms with E-state index in [0.717, 1.165) is 4.47 Å². The monoisotopic (exact) mass is 424 g/mol. The highest BCUT2D eigenvalue weighted by Crippen LogP contribution is 2.23. The minimum atomic E-state index is -0.296. The molecular formula is C17H17BrN2O4S. The Hall–Kier alpha value is -2.06. The fraction of sp³-hybridized carbons (Fsp3) is 0.235. The Bertz CT molecular complexity index is 725. The van der Waals surface area contributed by atoms with Crippen molar-refractivity contribution < 1.29 is 19.1 Å². The van der Waals surface area contributed by atoms with Crippen LogP contribution in [0.1, 0.15) is 6.42 Å². The van der Waals surface area contributed by atoms with E-state index in [-0.39, 0.29) is 17.6 Å². The zero-order chi connectivity index (χ0) is 18.1. The van der Waals surface area contributed by atoms with Crippen molar-refractivity contribution in [2.24, 2.45) is 0 Å². The molecule has 1 N–H and O–H groups in total. The maximum Gasteiger partial charge on any atom is 0.315 e. The second kappa shape index (κ2) is 10.0. The third kappa shape index (κ3) is 7.15. The van der Waals surface area contributed by atoms with Crippen molar-refractivity contribution in [3.8, 4) is 11.6 Å². The molecule has 1 amide bonds. The summed E-state index contributed by atoms with van der Waals surface area (Å²) in [7, 11) is 1.34. The first-order valence-corrected chi connectivity index (χ1v) is 9.35. The zero-order valence-corrected chi connectivity index (χ0v) is 15.9. The van der Waals surface area contributed by atoms with E-state index in [9.17, 15) is 9.59 Å². The van der Waals surface area contributed by atoms with Gasteiger partial charge in [-0.15, -0.1) is 11.8 Å². The summed E-state index contributed by atoms with van der Waals surface area (Å²) in [5, 5.41) is 2.75. The zero-order valence-electron chi connectivity index (χ0n) is 13.5. The molecule has 2 rings (SSSR count). The van der Waals surface area contributed by atoms with E-state index in [1.54, 1.807) is 12.1 Å². The normalized spacial score (nSPS) is 10.2. The standard InChI is InChI=1S/C17H17BrN2O4S/c1-23-17(22)11-25-8-7-15(21)20-13-5-6-16(19-10-13)24-14-4-2-3-12(18)9-14/h2-6,9-10H,7-8,11H2,1H3,(H,20,21). The number of carbonyl (C=O) groups excluding carboxylic acids is 2. The maximum atomic E-state index is 11.8. The topological polar surface area (TPSA) is 77.5 Å². The molecule has 25 heavy (non-hydrogen) atoms. The number of rotatable bonds is 8. The van der Waals surface area contributed by atoms with Gasteiger partial charge in [0.15, 0.2) is 0 Å². The molecule has 0 saturated carbocycles. The summed E-state index contributed by atoms with van der Waals surface area (Å²) in [5.74, 6) is 1.45. The smallest absolute Gasteiger partial charge is 0.315 e. The number of nitrogens with one attached hydrogen (secondary N) is 1. The molecule has 0 unspecified atom stereocenters. The van der Waals surface area contributed by atoms with E-state index in [1.807, 2.05) is 24.3 Å². The molecule has 0 fully saturated rings. The van der Waals surface area contributed by atoms with Gasteiger partial charge in [-0.2, -0.15) is 0 Å². The van der Waals surface area contributed by atoms with Gasteiger partial charge >= 0.3 is 5.97 Å². The Labute approximate surface area is 158 Å². The molecule has 0 atom stereocenters. The molecular weight excluding hydrogens is 408 g/mol. The summed E-state index contributed by atoms with van der Waals surface area (Å²) in [6.07, 6.45) is 1.84. The van der Waals surface area contributed by atoms with E-state index in [0.29, 0.717) is 29.5 Å². The van der Waals surface area contributed by atoms with Crippen LogP contribution in [0.2, 0.25) is 0 Å². The van der Waals surface area contributed by atoms with Gasteiger partial charge in [0.05, 0.1) is 24.7 Å². The molecule has 0 aliphatic carbocycles. The molecule has 0 aliphatic heterocycles. The van der Waals surface area contributed by atoms with E-state index in [1.165, 1.54) is 25.1 Å². The molecule has 1 aromatic heterocycles. The summed E-state index contributed by atoms with van der Waals surface area (Å²) in [6, 6.07) is 10.8. The van der Waals surface area contributed by atoms with Crippen LogP contribution < -0.4 is 10.1 Å². The van der Waals surface area contributed by atoms with Crippen LogP contribution >= 0.6 is 27.7 Å². The number of aromatic nitrogens is 1. The highest BCUT2D eigenvalue weighted by Gasteiger charge is 2.06. The third-order valence-corrected chi connectivity index (χ3v) is 4.39. The van der Waals surface area contributed by atoms with Crippen LogP contribution in [-0.2, 0) is 14.3 Å². The molecule has 0 spiro atoms. The first-order chi connectivity index (χ1) is 12.1. The molecule has 1 aromatic carbocycles. The summed E-state index contributed by atoms with van der Waals surface area (Å²) in [6.45, 7) is 0. The lowest BCUT2D eigenvalue weighted by molar-refractivity contribution is -0.137. The van der Waals surface area contributed by atoms with Gasteiger partial charge in [-0.05, 0) is 24.3 Å². The first-order valence-electron chi connectivity index (χ1n) is 7.40. The number of methoxy groups -OCH3 is 1. The largest absolute Gasteiger partial charge is 0.468 e. The SMILES string of the molecule is COC(=O)CSCCC(=O)Nc1ccc(Oc2cccc(Br)c2)nc1. The van der Waals surface area contributed by atoms with Crippen LogP contribution in [0.4, 0.5) is 5.69 Å². The van der Waals surface area contributed by atoms with Crippen LogP contribution in [-0.4, -0.2) is 35.5 Å². The van der Waals surface area contributed by atoms with Gasteiger partial charge in [-0.3, -0.25) is 9.59 Å². The van der Waals surface area contributed by atoms with Gasteiger partial charge in [-0.25, -0.2) is 4.98 Å². The maximum absolute atomic E-state index is 11.8. The Balaban J connectivity index is 1.77. The number of nitrogens with zero attached hydrogens (tertiary/aromatic N) is 1. The Kier molecular flexibility index (Phi) is 7.75. The number of hydrogen-bond donors (Lipinski definition) is 1. The van der Waals surface area contributed by atoms with E-state index in [2.05, 4.69) is 31.0 Å². The fourth-order valence-corrected chi connectivity index (χ4v) is 2.91. The van der Waals surface area contributed by atoms with Crippen molar-refractivity contribution >= 4 is 45.3 Å². The number of amides is 1. The number of pyridine rings is 1. The molecule has 132 valence electrons. The van der Waals surface area contributed by atoms with Crippen molar-refractivity contribution in [1.82, 2.24) is 4.98 Å². The van der Waals surface area contributed by atoms with Crippen molar-refractivity contribution in [2.45, 2.75) is 6.42 Å². The second-order valence-electron chi connectivity index (χ2n) is 4.87. The number of benzene rings is 1. The summed E-state index contributed by atoms with van der Waals surface area (Å²) >= 11 is 4.73. The Morgan fingerprint density at radius 2 is 2.12 bits per heavy atom. The minimum absolute atomic E-state index is 0.139. The van der Waals surface area contributed by atoms with Crippen LogP contribution in [0.25, 0.3) is 0 Å². The molecule has 6 nitrogen and oxygen atoms in total. The van der Waals surface area contributed by atoms with Gasteiger partial charge in [-0.1, -0.05) is 22.0 Å². The van der Waals surface area contributed by atoms with E-state index in [4.69, 9.17) is 4.74 Å². The number of carbonyl (C=O) groups is 2. The van der Waals surface area contributed by atoms with E-state index < -0.39 is 0 Å². The Morgan fingerprint density at radius 3 is 2.80 bits per heavy atom. The number of ether oxygens (including phenoxy) is 2. The van der Waals surface area contributed by atoms with Crippen LogP contribution in [0.3, 0.4) is 0 Å². The molecule has 1 heterocycles. The summed E-state index contributed by atoms with van der Waals surface area (Å²) in [5.41, 5.74) is 0.588. The quantitative estimate of drug-likeness (QED) is 0.511. The molecule has 0 saturated heterocycles. The predicted molar refractivity (Wildman–Crippen MR) is 101 cm³/mol. The first kappa shape index (κ1) is 19.3. The number of anilines is 1. The lowest BCUT2D eigenvalue weighted by Crippen LogP contribution is -2.13. The highest BCUT2D eigenvalue weighted by molar-refractivity contribution is 9.10. The highest BCUT2D eigenvalue weighted by atomic mass is 79.9. The minimum Gasteiger partial charge on any atom is -0.468 e. The summed E-state index contributed by atoms with van der Waals surface area (Å²) < 4.78 is 11.1. The molecule has 0 aliphatic rings. The van der Waals surface area contributed by atoms with Crippen LogP contribution in [0, 0.1) is 0 Å². The van der Waals surface area contributed by atoms with Crippen molar-refractivity contribution in [3.63, 3.8) is 0 Å². The predicted octanol–water partition coefficient (Wildman–Crippen LogP) is 3.87. The molecule has 0 bridgehead atoms. The number of thioether (sulfide) groups is 1. The number of esters is 1. The third-order valence-electron chi connectivity index (χ3n) is 2.96. The average Bonchev–Trinajstić information content (AvgIpc) is 2.60. The molecule has 0 radical (unpaired) electrons. The van der Waals surface area contributed by atoms with Crippen LogP contribution in [0.15, 0.2) is 47.1 Å². The van der Waals surface area contributed by atoms with Crippen molar-refractivity contribution in [2.75, 3.05) is 23.9 Å². The number of hydrogen-bond acceptors (Lipinski definition) is 6. The van der Waals surface area contributed by atoms with Gasteiger partial charge in [0, 0.05) is 22.7 Å². The van der Waals surface area contributed by atoms with Crippen molar-refractivity contribution in [3.05, 3.63) is 47.1 Å². The van der Waals surface area contributed by atoms with Gasteiger partial charge in [0.25, 0.3) is 0 Å². The van der Waals surface area contributed by atoms with Crippen molar-refractivity contribution in [1.29, 1.82) is 0 Å². The van der Waals surface area contributed by atoms with Gasteiger partial charge in [0.2, 0.25) is 11.8 Å². The van der Waals surface area contributed by atoms with E-state index >= 15 is 0 Å².